The number of fused-ring (bicyclic) bond motifs is 1. The summed E-state index contributed by atoms with van der Waals surface area (Å²) in [5, 5.41) is 16.2. The van der Waals surface area contributed by atoms with Gasteiger partial charge in [-0.3, -0.25) is 4.79 Å². The molecule has 0 aliphatic carbocycles. The maximum absolute atomic E-state index is 12.3. The summed E-state index contributed by atoms with van der Waals surface area (Å²) in [6.07, 6.45) is 1.53. The van der Waals surface area contributed by atoms with Gasteiger partial charge in [0, 0.05) is 24.0 Å². The Hall–Kier alpha value is -1.95. The third kappa shape index (κ3) is 2.65. The molecule has 0 aliphatic heterocycles. The first-order valence-corrected chi connectivity index (χ1v) is 6.67. The second-order valence-corrected chi connectivity index (χ2v) is 5.25. The van der Waals surface area contributed by atoms with Gasteiger partial charge in [0.15, 0.2) is 5.65 Å². The summed E-state index contributed by atoms with van der Waals surface area (Å²) in [4.78, 5) is 16.7. The molecule has 0 spiro atoms. The van der Waals surface area contributed by atoms with E-state index in [1.165, 1.54) is 6.20 Å². The Balaban J connectivity index is 2.31. The maximum Gasteiger partial charge on any atom is 0.256 e. The number of carbonyl (C=O) groups is 1. The Bertz CT molecular complexity index is 635. The van der Waals surface area contributed by atoms with Crippen LogP contribution >= 0.6 is 0 Å². The van der Waals surface area contributed by atoms with Crippen molar-refractivity contribution in [3.05, 3.63) is 29.2 Å². The molecule has 0 radical (unpaired) electrons. The Morgan fingerprint density at radius 3 is 2.80 bits per heavy atom. The highest BCUT2D eigenvalue weighted by atomic mass is 16.3. The lowest BCUT2D eigenvalue weighted by atomic mass is 10.0. The lowest BCUT2D eigenvalue weighted by Gasteiger charge is -2.18. The van der Waals surface area contributed by atoms with Crippen molar-refractivity contribution in [1.29, 1.82) is 0 Å². The standard InChI is InChI=1S/C14H20N4O2/c1-8(7-19)11(4)17-14(20)12-6-15-18-10(3)5-9(2)16-13(12)18/h5-6,8,11,19H,7H2,1-4H3,(H,17,20). The van der Waals surface area contributed by atoms with Gasteiger partial charge in [0.05, 0.1) is 6.20 Å². The molecule has 2 atom stereocenters. The number of aryl methyl sites for hydroxylation is 2. The molecule has 0 bridgehead atoms. The predicted octanol–water partition coefficient (Wildman–Crippen LogP) is 1.09. The average molecular weight is 276 g/mol. The van der Waals surface area contributed by atoms with Crippen molar-refractivity contribution in [2.75, 3.05) is 6.61 Å². The van der Waals surface area contributed by atoms with Gasteiger partial charge in [-0.2, -0.15) is 5.10 Å². The Morgan fingerprint density at radius 2 is 2.15 bits per heavy atom. The Morgan fingerprint density at radius 1 is 1.45 bits per heavy atom. The number of amides is 1. The van der Waals surface area contributed by atoms with E-state index in [9.17, 15) is 4.79 Å². The van der Waals surface area contributed by atoms with Crippen LogP contribution in [0.15, 0.2) is 12.3 Å². The van der Waals surface area contributed by atoms with Crippen LogP contribution in [0, 0.1) is 19.8 Å². The van der Waals surface area contributed by atoms with Crippen molar-refractivity contribution in [2.24, 2.45) is 5.92 Å². The normalized spacial score (nSPS) is 14.2. The quantitative estimate of drug-likeness (QED) is 0.876. The fourth-order valence-corrected chi connectivity index (χ4v) is 2.02. The predicted molar refractivity (Wildman–Crippen MR) is 75.6 cm³/mol. The van der Waals surface area contributed by atoms with Crippen LogP contribution in [0.25, 0.3) is 5.65 Å². The molecule has 0 aromatic carbocycles. The summed E-state index contributed by atoms with van der Waals surface area (Å²) in [5.74, 6) is -0.220. The molecule has 2 N–H and O–H groups in total. The van der Waals surface area contributed by atoms with Gasteiger partial charge in [-0.25, -0.2) is 9.50 Å². The van der Waals surface area contributed by atoms with E-state index in [4.69, 9.17) is 5.11 Å². The van der Waals surface area contributed by atoms with Gasteiger partial charge in [-0.1, -0.05) is 6.92 Å². The minimum Gasteiger partial charge on any atom is -0.396 e. The molecule has 2 unspecified atom stereocenters. The highest BCUT2D eigenvalue weighted by Gasteiger charge is 2.19. The molecule has 0 saturated heterocycles. The number of carbonyl (C=O) groups excluding carboxylic acids is 1. The number of nitrogens with zero attached hydrogens (tertiary/aromatic N) is 3. The SMILES string of the molecule is Cc1cc(C)n2ncc(C(=O)NC(C)C(C)CO)c2n1. The highest BCUT2D eigenvalue weighted by Crippen LogP contribution is 2.12. The van der Waals surface area contributed by atoms with Crippen molar-refractivity contribution >= 4 is 11.6 Å². The minimum atomic E-state index is -0.217. The van der Waals surface area contributed by atoms with Crippen LogP contribution in [0.2, 0.25) is 0 Å². The fraction of sp³-hybridized carbons (Fsp3) is 0.500. The highest BCUT2D eigenvalue weighted by molar-refractivity contribution is 5.99. The summed E-state index contributed by atoms with van der Waals surface area (Å²) in [6.45, 7) is 7.60. The number of nitrogens with one attached hydrogen (secondary N) is 1. The molecule has 108 valence electrons. The van der Waals surface area contributed by atoms with Crippen molar-refractivity contribution < 1.29 is 9.90 Å². The van der Waals surface area contributed by atoms with Crippen LogP contribution in [0.1, 0.15) is 35.6 Å². The molecule has 0 saturated carbocycles. The summed E-state index contributed by atoms with van der Waals surface area (Å²) in [5.41, 5.74) is 2.79. The van der Waals surface area contributed by atoms with Crippen molar-refractivity contribution in [3.8, 4) is 0 Å². The summed E-state index contributed by atoms with van der Waals surface area (Å²) in [7, 11) is 0. The van der Waals surface area contributed by atoms with E-state index in [0.717, 1.165) is 11.4 Å². The van der Waals surface area contributed by atoms with Gasteiger partial charge in [-0.05, 0) is 32.8 Å². The lowest BCUT2D eigenvalue weighted by molar-refractivity contribution is 0.0918. The van der Waals surface area contributed by atoms with E-state index >= 15 is 0 Å². The van der Waals surface area contributed by atoms with Crippen LogP contribution in [0.3, 0.4) is 0 Å². The van der Waals surface area contributed by atoms with E-state index < -0.39 is 0 Å². The van der Waals surface area contributed by atoms with Crippen molar-refractivity contribution in [1.82, 2.24) is 19.9 Å². The molecule has 0 fully saturated rings. The third-order valence-electron chi connectivity index (χ3n) is 3.52. The third-order valence-corrected chi connectivity index (χ3v) is 3.52. The first kappa shape index (κ1) is 14.5. The monoisotopic (exact) mass is 276 g/mol. The molecule has 20 heavy (non-hydrogen) atoms. The van der Waals surface area contributed by atoms with Gasteiger partial charge in [-0.15, -0.1) is 0 Å². The molecule has 6 heteroatoms. The van der Waals surface area contributed by atoms with E-state index in [1.807, 2.05) is 33.8 Å². The molecule has 2 aromatic rings. The zero-order chi connectivity index (χ0) is 14.9. The van der Waals surface area contributed by atoms with Crippen molar-refractivity contribution in [2.45, 2.75) is 33.7 Å². The number of aliphatic hydroxyl groups excluding tert-OH is 1. The maximum atomic E-state index is 12.3. The summed E-state index contributed by atoms with van der Waals surface area (Å²) in [6, 6.07) is 1.80. The average Bonchev–Trinajstić information content (AvgIpc) is 2.81. The number of rotatable bonds is 4. The molecule has 6 nitrogen and oxygen atoms in total. The molecule has 2 rings (SSSR count). The molecule has 2 aromatic heterocycles. The summed E-state index contributed by atoms with van der Waals surface area (Å²) >= 11 is 0. The molecular formula is C14H20N4O2. The zero-order valence-corrected chi connectivity index (χ0v) is 12.2. The van der Waals surface area contributed by atoms with Gasteiger partial charge in [0.1, 0.15) is 5.56 Å². The van der Waals surface area contributed by atoms with Crippen LogP contribution in [0.5, 0.6) is 0 Å². The smallest absolute Gasteiger partial charge is 0.256 e. The Labute approximate surface area is 117 Å². The van der Waals surface area contributed by atoms with E-state index in [2.05, 4.69) is 15.4 Å². The van der Waals surface area contributed by atoms with E-state index in [1.54, 1.807) is 4.52 Å². The summed E-state index contributed by atoms with van der Waals surface area (Å²) < 4.78 is 1.65. The second-order valence-electron chi connectivity index (χ2n) is 5.25. The topological polar surface area (TPSA) is 79.5 Å². The van der Waals surface area contributed by atoms with Gasteiger partial charge in [0.2, 0.25) is 0 Å². The number of aromatic nitrogens is 3. The first-order valence-electron chi connectivity index (χ1n) is 6.67. The van der Waals surface area contributed by atoms with Gasteiger partial charge in [0.25, 0.3) is 5.91 Å². The fourth-order valence-electron chi connectivity index (χ4n) is 2.02. The minimum absolute atomic E-state index is 0.00257. The molecule has 2 heterocycles. The lowest BCUT2D eigenvalue weighted by Crippen LogP contribution is -2.38. The zero-order valence-electron chi connectivity index (χ0n) is 12.2. The van der Waals surface area contributed by atoms with Crippen LogP contribution in [0.4, 0.5) is 0 Å². The van der Waals surface area contributed by atoms with Gasteiger partial charge < -0.3 is 10.4 Å². The number of hydrogen-bond donors (Lipinski definition) is 2. The number of hydrogen-bond acceptors (Lipinski definition) is 4. The first-order chi connectivity index (χ1) is 9.43. The second kappa shape index (κ2) is 5.58. The van der Waals surface area contributed by atoms with Crippen LogP contribution in [-0.2, 0) is 0 Å². The van der Waals surface area contributed by atoms with Crippen molar-refractivity contribution in [3.63, 3.8) is 0 Å². The van der Waals surface area contributed by atoms with E-state index in [-0.39, 0.29) is 24.5 Å². The molecule has 0 aliphatic rings. The van der Waals surface area contributed by atoms with E-state index in [0.29, 0.717) is 11.2 Å². The molecule has 1 amide bonds. The van der Waals surface area contributed by atoms with Crippen LogP contribution in [-0.4, -0.2) is 38.3 Å². The van der Waals surface area contributed by atoms with Gasteiger partial charge >= 0.3 is 0 Å². The molecular weight excluding hydrogens is 256 g/mol. The largest absolute Gasteiger partial charge is 0.396 e. The number of aliphatic hydroxyl groups is 1. The Kier molecular flexibility index (Phi) is 4.04. The van der Waals surface area contributed by atoms with Crippen LogP contribution < -0.4 is 5.32 Å².